The number of amides is 2. The molecule has 178 valence electrons. The third-order valence-corrected chi connectivity index (χ3v) is 7.09. The lowest BCUT2D eigenvalue weighted by molar-refractivity contribution is -0.121. The van der Waals surface area contributed by atoms with Crippen molar-refractivity contribution in [2.75, 3.05) is 18.1 Å². The topological polar surface area (TPSA) is 67.4 Å². The lowest BCUT2D eigenvalue weighted by Gasteiger charge is -2.27. The summed E-state index contributed by atoms with van der Waals surface area (Å²) in [6, 6.07) is 0.171. The fraction of sp³-hybridized carbons (Fsp3) is 0.692. The number of carbonyl (C=O) groups is 2. The van der Waals surface area contributed by atoms with Gasteiger partial charge in [0.05, 0.1) is 6.04 Å². The van der Waals surface area contributed by atoms with Gasteiger partial charge in [0.15, 0.2) is 0 Å². The summed E-state index contributed by atoms with van der Waals surface area (Å²) >= 11 is 1.84. The third-order valence-electron chi connectivity index (χ3n) is 6.02. The van der Waals surface area contributed by atoms with Crippen LogP contribution in [0.25, 0.3) is 0 Å². The Morgan fingerprint density at radius 2 is 2.00 bits per heavy atom. The molecule has 6 heteroatoms. The number of alkyl carbamates (subject to hydrolysis) is 1. The SMILES string of the molecule is CC(C)(C)OC(=O)NCCCCCSCCC(=O)NC1CCCC=C1C1=CC2CC2C=C1. The molecule has 3 rings (SSSR count). The first-order chi connectivity index (χ1) is 15.3. The number of ether oxygens (including phenoxy) is 1. The number of carbonyl (C=O) groups excluding carboxylic acids is 2. The van der Waals surface area contributed by atoms with Crippen molar-refractivity contribution in [1.29, 1.82) is 0 Å². The van der Waals surface area contributed by atoms with Crippen LogP contribution in [0.5, 0.6) is 0 Å². The van der Waals surface area contributed by atoms with Crippen molar-refractivity contribution < 1.29 is 14.3 Å². The van der Waals surface area contributed by atoms with Crippen LogP contribution in [0.3, 0.4) is 0 Å². The summed E-state index contributed by atoms with van der Waals surface area (Å²) in [5, 5.41) is 6.09. The van der Waals surface area contributed by atoms with Gasteiger partial charge < -0.3 is 15.4 Å². The van der Waals surface area contributed by atoms with Crippen LogP contribution < -0.4 is 10.6 Å². The first kappa shape index (κ1) is 24.9. The fourth-order valence-electron chi connectivity index (χ4n) is 4.24. The van der Waals surface area contributed by atoms with Crippen molar-refractivity contribution in [3.05, 3.63) is 35.5 Å². The van der Waals surface area contributed by atoms with Gasteiger partial charge in [-0.2, -0.15) is 11.8 Å². The highest BCUT2D eigenvalue weighted by Crippen LogP contribution is 2.46. The highest BCUT2D eigenvalue weighted by atomic mass is 32.2. The number of fused-ring (bicyclic) bond motifs is 1. The second-order valence-electron chi connectivity index (χ2n) is 10.1. The molecule has 0 saturated heterocycles. The van der Waals surface area contributed by atoms with Crippen molar-refractivity contribution in [1.82, 2.24) is 10.6 Å². The van der Waals surface area contributed by atoms with E-state index in [-0.39, 0.29) is 18.0 Å². The van der Waals surface area contributed by atoms with Gasteiger partial charge in [0.1, 0.15) is 5.60 Å². The molecule has 5 nitrogen and oxygen atoms in total. The van der Waals surface area contributed by atoms with Crippen LogP contribution in [0.4, 0.5) is 4.79 Å². The Morgan fingerprint density at radius 1 is 1.16 bits per heavy atom. The normalized spacial score (nSPS) is 24.2. The molecule has 3 aliphatic carbocycles. The Balaban J connectivity index is 1.23. The van der Waals surface area contributed by atoms with E-state index >= 15 is 0 Å². The van der Waals surface area contributed by atoms with E-state index in [1.807, 2.05) is 32.5 Å². The summed E-state index contributed by atoms with van der Waals surface area (Å²) in [7, 11) is 0. The summed E-state index contributed by atoms with van der Waals surface area (Å²) in [5.41, 5.74) is 2.22. The van der Waals surface area contributed by atoms with Crippen molar-refractivity contribution >= 4 is 23.8 Å². The van der Waals surface area contributed by atoms with E-state index in [0.717, 1.165) is 61.9 Å². The van der Waals surface area contributed by atoms with Gasteiger partial charge in [0.2, 0.25) is 5.91 Å². The predicted octanol–water partition coefficient (Wildman–Crippen LogP) is 5.53. The number of rotatable bonds is 11. The van der Waals surface area contributed by atoms with Gasteiger partial charge in [-0.25, -0.2) is 4.79 Å². The summed E-state index contributed by atoms with van der Waals surface area (Å²) in [5.74, 6) is 3.59. The van der Waals surface area contributed by atoms with Gasteiger partial charge in [0, 0.05) is 18.7 Å². The van der Waals surface area contributed by atoms with Gasteiger partial charge in [-0.15, -0.1) is 0 Å². The van der Waals surface area contributed by atoms with Crippen LogP contribution >= 0.6 is 11.8 Å². The van der Waals surface area contributed by atoms with Crippen LogP contribution in [0.15, 0.2) is 35.5 Å². The molecule has 2 amide bonds. The number of hydrogen-bond acceptors (Lipinski definition) is 4. The van der Waals surface area contributed by atoms with Crippen molar-refractivity contribution in [2.45, 2.75) is 83.8 Å². The Hall–Kier alpha value is -1.69. The van der Waals surface area contributed by atoms with Crippen LogP contribution in [0, 0.1) is 11.8 Å². The molecule has 0 aromatic rings. The van der Waals surface area contributed by atoms with E-state index in [2.05, 4.69) is 34.9 Å². The maximum Gasteiger partial charge on any atom is 0.407 e. The number of hydrogen-bond donors (Lipinski definition) is 2. The van der Waals surface area contributed by atoms with E-state index in [0.29, 0.717) is 13.0 Å². The predicted molar refractivity (Wildman–Crippen MR) is 133 cm³/mol. The molecule has 3 unspecified atom stereocenters. The summed E-state index contributed by atoms with van der Waals surface area (Å²) in [6.45, 7) is 6.24. The average molecular weight is 461 g/mol. The second kappa shape index (κ2) is 12.0. The lowest BCUT2D eigenvalue weighted by atomic mass is 9.86. The maximum atomic E-state index is 12.5. The Bertz CT molecular complexity index is 751. The van der Waals surface area contributed by atoms with E-state index in [4.69, 9.17) is 4.74 Å². The lowest BCUT2D eigenvalue weighted by Crippen LogP contribution is -2.38. The Labute approximate surface area is 197 Å². The number of nitrogens with one attached hydrogen (secondary N) is 2. The standard InChI is InChI=1S/C26H40N2O3S/c1-26(2,3)31-25(30)27-14-7-4-8-15-32-16-13-24(29)28-23-10-6-5-9-22(23)20-12-11-19-17-21(19)18-20/h9,11-12,18-19,21,23H,4-8,10,13-17H2,1-3H3,(H,27,30)(H,28,29). The zero-order chi connectivity index (χ0) is 23.0. The van der Waals surface area contributed by atoms with Crippen LogP contribution in [0.2, 0.25) is 0 Å². The molecule has 0 aromatic heterocycles. The Morgan fingerprint density at radius 3 is 2.78 bits per heavy atom. The third kappa shape index (κ3) is 8.68. The van der Waals surface area contributed by atoms with Crippen LogP contribution in [0.1, 0.15) is 72.1 Å². The van der Waals surface area contributed by atoms with Crippen molar-refractivity contribution in [2.24, 2.45) is 11.8 Å². The number of unbranched alkanes of at least 4 members (excludes halogenated alkanes) is 2. The summed E-state index contributed by atoms with van der Waals surface area (Å²) in [6.07, 6.45) is 17.3. The van der Waals surface area contributed by atoms with Crippen LogP contribution in [-0.4, -0.2) is 41.7 Å². The van der Waals surface area contributed by atoms with Crippen molar-refractivity contribution in [3.8, 4) is 0 Å². The van der Waals surface area contributed by atoms with Gasteiger partial charge in [-0.1, -0.05) is 30.7 Å². The first-order valence-electron chi connectivity index (χ1n) is 12.3. The van der Waals surface area contributed by atoms with Gasteiger partial charge in [-0.05, 0) is 88.0 Å². The maximum absolute atomic E-state index is 12.5. The number of allylic oxidation sites excluding steroid dienone is 4. The highest BCUT2D eigenvalue weighted by Gasteiger charge is 2.36. The molecule has 1 saturated carbocycles. The molecule has 0 aromatic carbocycles. The molecular formula is C26H40N2O3S. The van der Waals surface area contributed by atoms with Gasteiger partial charge in [0.25, 0.3) is 0 Å². The van der Waals surface area contributed by atoms with Crippen LogP contribution in [-0.2, 0) is 9.53 Å². The molecule has 3 aliphatic rings. The minimum absolute atomic E-state index is 0.168. The van der Waals surface area contributed by atoms with E-state index in [9.17, 15) is 9.59 Å². The van der Waals surface area contributed by atoms with Gasteiger partial charge >= 0.3 is 6.09 Å². The van der Waals surface area contributed by atoms with E-state index in [1.165, 1.54) is 17.6 Å². The second-order valence-corrected chi connectivity index (χ2v) is 11.3. The quantitative estimate of drug-likeness (QED) is 0.398. The highest BCUT2D eigenvalue weighted by molar-refractivity contribution is 7.99. The molecule has 2 N–H and O–H groups in total. The first-order valence-corrected chi connectivity index (χ1v) is 13.4. The molecular weight excluding hydrogens is 420 g/mol. The molecule has 0 bridgehead atoms. The molecule has 1 fully saturated rings. The van der Waals surface area contributed by atoms with E-state index in [1.54, 1.807) is 0 Å². The zero-order valence-corrected chi connectivity index (χ0v) is 20.8. The molecule has 0 radical (unpaired) electrons. The Kier molecular flexibility index (Phi) is 9.33. The van der Waals surface area contributed by atoms with Crippen molar-refractivity contribution in [3.63, 3.8) is 0 Å². The minimum atomic E-state index is -0.452. The smallest absolute Gasteiger partial charge is 0.407 e. The molecule has 3 atom stereocenters. The molecule has 0 aliphatic heterocycles. The van der Waals surface area contributed by atoms with E-state index < -0.39 is 5.60 Å². The largest absolute Gasteiger partial charge is 0.444 e. The molecule has 32 heavy (non-hydrogen) atoms. The minimum Gasteiger partial charge on any atom is -0.444 e. The summed E-state index contributed by atoms with van der Waals surface area (Å²) in [4.78, 5) is 24.1. The molecule has 0 spiro atoms. The average Bonchev–Trinajstić information content (AvgIpc) is 3.50. The summed E-state index contributed by atoms with van der Waals surface area (Å²) < 4.78 is 5.22. The zero-order valence-electron chi connectivity index (χ0n) is 20.0. The fourth-order valence-corrected chi connectivity index (χ4v) is 5.19. The molecule has 0 heterocycles. The monoisotopic (exact) mass is 460 g/mol. The number of thioether (sulfide) groups is 1. The van der Waals surface area contributed by atoms with Gasteiger partial charge in [-0.3, -0.25) is 4.79 Å².